The molecule has 0 aliphatic carbocycles. The van der Waals surface area contributed by atoms with Crippen molar-refractivity contribution in [3.05, 3.63) is 29.8 Å². The van der Waals surface area contributed by atoms with E-state index in [1.54, 1.807) is 24.3 Å². The molecular weight excluding hydrogens is 254 g/mol. The van der Waals surface area contributed by atoms with Gasteiger partial charge in [0.1, 0.15) is 6.10 Å². The number of hydrogen-bond donors (Lipinski definition) is 1. The molecule has 0 saturated carbocycles. The maximum absolute atomic E-state index is 12.4. The monoisotopic (exact) mass is 269 g/mol. The maximum atomic E-state index is 12.4. The van der Waals surface area contributed by atoms with Crippen molar-refractivity contribution in [2.24, 2.45) is 0 Å². The van der Waals surface area contributed by atoms with Crippen molar-refractivity contribution in [2.45, 2.75) is 30.1 Å². The zero-order valence-corrected chi connectivity index (χ0v) is 10.8. The van der Waals surface area contributed by atoms with Gasteiger partial charge in [0.2, 0.25) is 10.0 Å². The average molecular weight is 269 g/mol. The minimum atomic E-state index is -3.53. The zero-order valence-electron chi connectivity index (χ0n) is 9.98. The Hall–Kier alpha value is -0.950. The molecule has 98 valence electrons. The lowest BCUT2D eigenvalue weighted by atomic mass is 10.2. The molecule has 2 saturated heterocycles. The number of aryl methyl sites for hydroxylation is 1. The summed E-state index contributed by atoms with van der Waals surface area (Å²) < 4.78 is 31.5. The Morgan fingerprint density at radius 2 is 2.06 bits per heavy atom. The second kappa shape index (κ2) is 4.03. The lowest BCUT2D eigenvalue weighted by molar-refractivity contribution is 0.146. The Morgan fingerprint density at radius 1 is 1.39 bits per heavy atom. The number of aliphatic hydroxyl groups is 1. The van der Waals surface area contributed by atoms with E-state index in [4.69, 9.17) is 4.74 Å². The van der Waals surface area contributed by atoms with Gasteiger partial charge in [-0.1, -0.05) is 17.7 Å². The number of ether oxygens (including phenoxy) is 1. The van der Waals surface area contributed by atoms with E-state index in [-0.39, 0.29) is 23.7 Å². The second-order valence-electron chi connectivity index (χ2n) is 4.78. The van der Waals surface area contributed by atoms with Crippen molar-refractivity contribution in [2.75, 3.05) is 13.2 Å². The van der Waals surface area contributed by atoms with Crippen molar-refractivity contribution >= 4 is 10.0 Å². The summed E-state index contributed by atoms with van der Waals surface area (Å²) in [5, 5.41) is 9.30. The van der Waals surface area contributed by atoms with Crippen LogP contribution in [0.3, 0.4) is 0 Å². The summed E-state index contributed by atoms with van der Waals surface area (Å²) in [6.45, 7) is 2.05. The number of hydrogen-bond acceptors (Lipinski definition) is 4. The molecular formula is C12H15NO4S. The SMILES string of the molecule is Cc1ccc(S(=O)(=O)N2C[C@H]3O[C@H]3[C@H]2CO)cc1. The van der Waals surface area contributed by atoms with E-state index in [1.165, 1.54) is 4.31 Å². The summed E-state index contributed by atoms with van der Waals surface area (Å²) >= 11 is 0. The highest BCUT2D eigenvalue weighted by atomic mass is 32.2. The summed E-state index contributed by atoms with van der Waals surface area (Å²) in [6, 6.07) is 6.30. The van der Waals surface area contributed by atoms with Crippen LogP contribution >= 0.6 is 0 Å². The van der Waals surface area contributed by atoms with Gasteiger partial charge in [0.05, 0.1) is 23.6 Å². The smallest absolute Gasteiger partial charge is 0.243 e. The minimum absolute atomic E-state index is 0.0395. The third-order valence-corrected chi connectivity index (χ3v) is 5.45. The molecule has 0 bridgehead atoms. The Bertz CT molecular complexity index is 554. The second-order valence-corrected chi connectivity index (χ2v) is 6.67. The Kier molecular flexibility index (Phi) is 2.71. The lowest BCUT2D eigenvalue weighted by Crippen LogP contribution is -2.42. The summed E-state index contributed by atoms with van der Waals surface area (Å²) in [5.74, 6) is 0. The molecule has 0 amide bonds. The van der Waals surface area contributed by atoms with E-state index < -0.39 is 16.1 Å². The molecule has 2 aliphatic heterocycles. The van der Waals surface area contributed by atoms with Crippen molar-refractivity contribution in [3.63, 3.8) is 0 Å². The van der Waals surface area contributed by atoms with E-state index >= 15 is 0 Å². The molecule has 0 aromatic heterocycles. The molecule has 6 heteroatoms. The molecule has 0 spiro atoms. The standard InChI is InChI=1S/C12H15NO4S/c1-8-2-4-9(5-3-8)18(15,16)13-6-11-12(17-11)10(13)7-14/h2-5,10-12,14H,6-7H2,1H3/t10-,11-,12+/m1/s1. The normalized spacial score (nSPS) is 31.3. The summed E-state index contributed by atoms with van der Waals surface area (Å²) in [7, 11) is -3.53. The molecule has 3 rings (SSSR count). The molecule has 1 N–H and O–H groups in total. The molecule has 1 aromatic carbocycles. The van der Waals surface area contributed by atoms with Gasteiger partial charge in [-0.15, -0.1) is 0 Å². The first kappa shape index (κ1) is 12.1. The quantitative estimate of drug-likeness (QED) is 0.792. The number of rotatable bonds is 3. The van der Waals surface area contributed by atoms with Gasteiger partial charge in [-0.05, 0) is 19.1 Å². The van der Waals surface area contributed by atoms with Gasteiger partial charge in [0.25, 0.3) is 0 Å². The van der Waals surface area contributed by atoms with Crippen LogP contribution in [-0.2, 0) is 14.8 Å². The first-order valence-corrected chi connectivity index (χ1v) is 7.33. The predicted molar refractivity (Wildman–Crippen MR) is 64.6 cm³/mol. The van der Waals surface area contributed by atoms with Crippen molar-refractivity contribution < 1.29 is 18.3 Å². The van der Waals surface area contributed by atoms with Gasteiger partial charge in [-0.3, -0.25) is 0 Å². The van der Waals surface area contributed by atoms with Crippen LogP contribution in [-0.4, -0.2) is 49.2 Å². The number of sulfonamides is 1. The molecule has 18 heavy (non-hydrogen) atoms. The minimum Gasteiger partial charge on any atom is -0.395 e. The number of fused-ring (bicyclic) bond motifs is 1. The molecule has 0 unspecified atom stereocenters. The highest BCUT2D eigenvalue weighted by Gasteiger charge is 2.57. The van der Waals surface area contributed by atoms with Gasteiger partial charge in [0, 0.05) is 6.54 Å². The van der Waals surface area contributed by atoms with Gasteiger partial charge < -0.3 is 9.84 Å². The number of morpholine rings is 1. The number of epoxide rings is 1. The van der Waals surface area contributed by atoms with Crippen LogP contribution in [0.2, 0.25) is 0 Å². The fraction of sp³-hybridized carbons (Fsp3) is 0.500. The summed E-state index contributed by atoms with van der Waals surface area (Å²) in [5.41, 5.74) is 1.01. The highest BCUT2D eigenvalue weighted by molar-refractivity contribution is 7.89. The fourth-order valence-corrected chi connectivity index (χ4v) is 4.07. The number of aliphatic hydroxyl groups excluding tert-OH is 1. The third kappa shape index (κ3) is 1.76. The van der Waals surface area contributed by atoms with Crippen LogP contribution in [0.5, 0.6) is 0 Å². The van der Waals surface area contributed by atoms with Gasteiger partial charge in [-0.25, -0.2) is 8.42 Å². The van der Waals surface area contributed by atoms with Crippen LogP contribution in [0.1, 0.15) is 5.56 Å². The van der Waals surface area contributed by atoms with Crippen LogP contribution in [0.25, 0.3) is 0 Å². The Morgan fingerprint density at radius 3 is 2.67 bits per heavy atom. The van der Waals surface area contributed by atoms with E-state index in [1.807, 2.05) is 6.92 Å². The van der Waals surface area contributed by atoms with Crippen LogP contribution in [0, 0.1) is 6.92 Å². The largest absolute Gasteiger partial charge is 0.395 e. The van der Waals surface area contributed by atoms with E-state index in [0.29, 0.717) is 6.54 Å². The Labute approximate surface area is 106 Å². The average Bonchev–Trinajstić information content (AvgIpc) is 3.01. The third-order valence-electron chi connectivity index (χ3n) is 3.55. The molecule has 5 nitrogen and oxygen atoms in total. The van der Waals surface area contributed by atoms with E-state index in [0.717, 1.165) is 5.56 Å². The number of nitrogens with zero attached hydrogens (tertiary/aromatic N) is 1. The van der Waals surface area contributed by atoms with Crippen molar-refractivity contribution in [1.29, 1.82) is 0 Å². The van der Waals surface area contributed by atoms with E-state index in [9.17, 15) is 13.5 Å². The Balaban J connectivity index is 1.93. The van der Waals surface area contributed by atoms with Crippen LogP contribution < -0.4 is 0 Å². The van der Waals surface area contributed by atoms with Gasteiger partial charge in [-0.2, -0.15) is 4.31 Å². The molecule has 2 heterocycles. The molecule has 0 radical (unpaired) electrons. The molecule has 3 atom stereocenters. The first-order valence-electron chi connectivity index (χ1n) is 5.89. The summed E-state index contributed by atoms with van der Waals surface area (Å²) in [6.07, 6.45) is -0.169. The van der Waals surface area contributed by atoms with Crippen molar-refractivity contribution in [1.82, 2.24) is 4.31 Å². The zero-order chi connectivity index (χ0) is 12.9. The number of benzene rings is 1. The van der Waals surface area contributed by atoms with Crippen molar-refractivity contribution in [3.8, 4) is 0 Å². The summed E-state index contributed by atoms with van der Waals surface area (Å²) in [4.78, 5) is 0.271. The molecule has 2 fully saturated rings. The van der Waals surface area contributed by atoms with Crippen LogP contribution in [0.4, 0.5) is 0 Å². The lowest BCUT2D eigenvalue weighted by Gasteiger charge is -2.24. The first-order chi connectivity index (χ1) is 8.54. The van der Waals surface area contributed by atoms with Gasteiger partial charge in [0.15, 0.2) is 0 Å². The molecule has 2 aliphatic rings. The fourth-order valence-electron chi connectivity index (χ4n) is 2.44. The maximum Gasteiger partial charge on any atom is 0.243 e. The van der Waals surface area contributed by atoms with Crippen LogP contribution in [0.15, 0.2) is 29.2 Å². The van der Waals surface area contributed by atoms with Gasteiger partial charge >= 0.3 is 0 Å². The predicted octanol–water partition coefficient (Wildman–Crippen LogP) is 0.128. The molecule has 1 aromatic rings. The van der Waals surface area contributed by atoms with E-state index in [2.05, 4.69) is 0 Å². The highest BCUT2D eigenvalue weighted by Crippen LogP contribution is 2.39. The topological polar surface area (TPSA) is 70.1 Å².